The van der Waals surface area contributed by atoms with Crippen molar-refractivity contribution in [2.24, 2.45) is 0 Å². The first-order valence-electron chi connectivity index (χ1n) is 10.2. The summed E-state index contributed by atoms with van der Waals surface area (Å²) in [5.74, 6) is 2.87. The fourth-order valence-corrected chi connectivity index (χ4v) is 7.08. The van der Waals surface area contributed by atoms with Crippen LogP contribution < -0.4 is 24.3 Å². The van der Waals surface area contributed by atoms with Crippen molar-refractivity contribution in [1.82, 2.24) is 4.98 Å². The lowest BCUT2D eigenvalue weighted by Crippen LogP contribution is -2.21. The number of benzene rings is 2. The van der Waals surface area contributed by atoms with Crippen LogP contribution in [0.25, 0.3) is 11.1 Å². The SMILES string of the molecule is COc1cccc([C@@H]2Oc3cccc(-c4c(OC)cccc4OC)c3P2C(C)(C)C)n1. The maximum absolute atomic E-state index is 6.57. The van der Waals surface area contributed by atoms with Gasteiger partial charge in [-0.1, -0.05) is 45.0 Å². The predicted molar refractivity (Wildman–Crippen MR) is 125 cm³/mol. The Morgan fingerprint density at radius 1 is 0.839 bits per heavy atom. The highest BCUT2D eigenvalue weighted by molar-refractivity contribution is 7.68. The molecule has 0 spiro atoms. The number of pyridine rings is 1. The fraction of sp³-hybridized carbons (Fsp3) is 0.320. The summed E-state index contributed by atoms with van der Waals surface area (Å²) in [6, 6.07) is 17.9. The highest BCUT2D eigenvalue weighted by Gasteiger charge is 2.45. The molecule has 162 valence electrons. The number of hydrogen-bond acceptors (Lipinski definition) is 5. The third kappa shape index (κ3) is 3.83. The lowest BCUT2D eigenvalue weighted by molar-refractivity contribution is 0.292. The summed E-state index contributed by atoms with van der Waals surface area (Å²) in [6.45, 7) is 6.79. The molecule has 2 heterocycles. The Bertz CT molecular complexity index is 1070. The van der Waals surface area contributed by atoms with E-state index in [9.17, 15) is 0 Å². The molecule has 0 amide bonds. The van der Waals surface area contributed by atoms with Gasteiger partial charge in [-0.15, -0.1) is 0 Å². The number of aromatic nitrogens is 1. The Kier molecular flexibility index (Phi) is 5.81. The van der Waals surface area contributed by atoms with Gasteiger partial charge in [-0.2, -0.15) is 0 Å². The third-order valence-corrected chi connectivity index (χ3v) is 8.57. The summed E-state index contributed by atoms with van der Waals surface area (Å²) < 4.78 is 23.4. The van der Waals surface area contributed by atoms with Gasteiger partial charge in [-0.25, -0.2) is 4.98 Å². The van der Waals surface area contributed by atoms with Gasteiger partial charge < -0.3 is 18.9 Å². The highest BCUT2D eigenvalue weighted by Crippen LogP contribution is 2.66. The van der Waals surface area contributed by atoms with Gasteiger partial charge in [0, 0.05) is 16.9 Å². The molecule has 31 heavy (non-hydrogen) atoms. The zero-order chi connectivity index (χ0) is 22.2. The van der Waals surface area contributed by atoms with Gasteiger partial charge in [0.2, 0.25) is 5.88 Å². The van der Waals surface area contributed by atoms with Crippen LogP contribution in [0.15, 0.2) is 54.6 Å². The minimum absolute atomic E-state index is 0.0264. The third-order valence-electron chi connectivity index (χ3n) is 5.34. The smallest absolute Gasteiger partial charge is 0.213 e. The molecule has 0 aliphatic carbocycles. The van der Waals surface area contributed by atoms with Crippen molar-refractivity contribution < 1.29 is 18.9 Å². The first-order chi connectivity index (χ1) is 14.9. The van der Waals surface area contributed by atoms with E-state index in [1.54, 1.807) is 21.3 Å². The molecular formula is C25H28NO4P. The molecule has 6 heteroatoms. The van der Waals surface area contributed by atoms with Gasteiger partial charge in [0.1, 0.15) is 17.2 Å². The van der Waals surface area contributed by atoms with Crippen molar-refractivity contribution in [2.45, 2.75) is 31.8 Å². The van der Waals surface area contributed by atoms with Gasteiger partial charge in [0.15, 0.2) is 5.85 Å². The highest BCUT2D eigenvalue weighted by atomic mass is 31.1. The van der Waals surface area contributed by atoms with Crippen LogP contribution in [0.5, 0.6) is 23.1 Å². The molecule has 5 nitrogen and oxygen atoms in total. The molecule has 3 aromatic rings. The Hall–Kier alpha value is -2.78. The number of ether oxygens (including phenoxy) is 4. The summed E-state index contributed by atoms with van der Waals surface area (Å²) in [4.78, 5) is 4.71. The number of hydrogen-bond donors (Lipinski definition) is 0. The van der Waals surface area contributed by atoms with E-state index in [0.717, 1.165) is 34.1 Å². The maximum Gasteiger partial charge on any atom is 0.213 e. The Morgan fingerprint density at radius 2 is 1.48 bits per heavy atom. The molecule has 1 aromatic heterocycles. The van der Waals surface area contributed by atoms with Crippen molar-refractivity contribution in [3.8, 4) is 34.3 Å². The van der Waals surface area contributed by atoms with Crippen LogP contribution in [0.2, 0.25) is 0 Å². The summed E-state index contributed by atoms with van der Waals surface area (Å²) in [7, 11) is 4.22. The van der Waals surface area contributed by atoms with Crippen LogP contribution in [-0.2, 0) is 0 Å². The summed E-state index contributed by atoms with van der Waals surface area (Å²) in [5.41, 5.74) is 2.91. The van der Waals surface area contributed by atoms with Crippen LogP contribution in [0.4, 0.5) is 0 Å². The second-order valence-electron chi connectivity index (χ2n) is 8.31. The minimum atomic E-state index is -0.790. The number of rotatable bonds is 5. The summed E-state index contributed by atoms with van der Waals surface area (Å²) in [5, 5.41) is 1.18. The van der Waals surface area contributed by atoms with E-state index in [1.807, 2.05) is 48.5 Å². The zero-order valence-electron chi connectivity index (χ0n) is 18.8. The van der Waals surface area contributed by atoms with Crippen LogP contribution in [0, 0.1) is 0 Å². The second kappa shape index (κ2) is 8.39. The predicted octanol–water partition coefficient (Wildman–Crippen LogP) is 5.77. The molecule has 2 atom stereocenters. The van der Waals surface area contributed by atoms with Gasteiger partial charge in [-0.3, -0.25) is 0 Å². The average Bonchev–Trinajstić information content (AvgIpc) is 3.19. The first kappa shape index (κ1) is 21.5. The minimum Gasteiger partial charge on any atom is -0.496 e. The topological polar surface area (TPSA) is 49.8 Å². The molecule has 1 unspecified atom stereocenters. The van der Waals surface area contributed by atoms with E-state index in [0.29, 0.717) is 5.88 Å². The van der Waals surface area contributed by atoms with Crippen molar-refractivity contribution in [3.63, 3.8) is 0 Å². The van der Waals surface area contributed by atoms with Crippen molar-refractivity contribution in [2.75, 3.05) is 21.3 Å². The van der Waals surface area contributed by atoms with Crippen LogP contribution in [0.1, 0.15) is 32.3 Å². The van der Waals surface area contributed by atoms with E-state index in [4.69, 9.17) is 23.9 Å². The normalized spacial score (nSPS) is 17.6. The molecule has 2 aromatic carbocycles. The molecular weight excluding hydrogens is 409 g/mol. The van der Waals surface area contributed by atoms with E-state index < -0.39 is 7.92 Å². The number of nitrogens with zero attached hydrogens (tertiary/aromatic N) is 1. The molecule has 1 aliphatic rings. The maximum atomic E-state index is 6.57. The van der Waals surface area contributed by atoms with Gasteiger partial charge in [-0.05, 0) is 37.3 Å². The van der Waals surface area contributed by atoms with Gasteiger partial charge >= 0.3 is 0 Å². The molecule has 0 bridgehead atoms. The molecule has 0 saturated carbocycles. The van der Waals surface area contributed by atoms with Gasteiger partial charge in [0.05, 0.1) is 32.6 Å². The zero-order valence-corrected chi connectivity index (χ0v) is 19.7. The molecule has 0 fully saturated rings. The fourth-order valence-electron chi connectivity index (χ4n) is 4.04. The van der Waals surface area contributed by atoms with Crippen LogP contribution >= 0.6 is 7.92 Å². The summed E-state index contributed by atoms with van der Waals surface area (Å²) >= 11 is 0. The largest absolute Gasteiger partial charge is 0.496 e. The second-order valence-corrected chi connectivity index (χ2v) is 11.3. The van der Waals surface area contributed by atoms with Crippen molar-refractivity contribution in [3.05, 3.63) is 60.3 Å². The Balaban J connectivity index is 1.94. The molecule has 0 saturated heterocycles. The van der Waals surface area contributed by atoms with Crippen LogP contribution in [-0.4, -0.2) is 31.5 Å². The molecule has 0 radical (unpaired) electrons. The van der Waals surface area contributed by atoms with Crippen LogP contribution in [0.3, 0.4) is 0 Å². The van der Waals surface area contributed by atoms with Crippen molar-refractivity contribution in [1.29, 1.82) is 0 Å². The van der Waals surface area contributed by atoms with E-state index >= 15 is 0 Å². The lowest BCUT2D eigenvalue weighted by Gasteiger charge is -2.32. The van der Waals surface area contributed by atoms with Gasteiger partial charge in [0.25, 0.3) is 0 Å². The number of fused-ring (bicyclic) bond motifs is 1. The molecule has 4 rings (SSSR count). The Morgan fingerprint density at radius 3 is 2.10 bits per heavy atom. The van der Waals surface area contributed by atoms with Crippen molar-refractivity contribution >= 4 is 13.2 Å². The monoisotopic (exact) mass is 437 g/mol. The standard InChI is InChI=1S/C25H28NO4P/c1-25(2,3)31-23-16(22-18(27-4)12-9-13-19(22)28-5)10-7-14-20(23)30-24(31)17-11-8-15-21(26-17)29-6/h7-15,24H,1-6H3/t24-,31?/m1/s1. The van der Waals surface area contributed by atoms with E-state index in [2.05, 4.69) is 26.8 Å². The quantitative estimate of drug-likeness (QED) is 0.474. The first-order valence-corrected chi connectivity index (χ1v) is 11.6. The average molecular weight is 437 g/mol. The van der Waals surface area contributed by atoms with E-state index in [-0.39, 0.29) is 11.0 Å². The molecule has 0 N–H and O–H groups in total. The summed E-state index contributed by atoms with van der Waals surface area (Å²) in [6.07, 6.45) is 0. The lowest BCUT2D eigenvalue weighted by atomic mass is 10.0. The number of methoxy groups -OCH3 is 3. The van der Waals surface area contributed by atoms with E-state index in [1.165, 1.54) is 5.30 Å². The molecule has 1 aliphatic heterocycles. The Labute approximate surface area is 185 Å².